The van der Waals surface area contributed by atoms with E-state index >= 15 is 4.39 Å². The van der Waals surface area contributed by atoms with Gasteiger partial charge >= 0.3 is 13.7 Å². The average Bonchev–Trinajstić information content (AvgIpc) is 3.25. The van der Waals surface area contributed by atoms with E-state index in [1.165, 1.54) is 0 Å². The summed E-state index contributed by atoms with van der Waals surface area (Å²) in [7, 11) is -3.81. The van der Waals surface area contributed by atoms with Gasteiger partial charge in [-0.25, -0.2) is 14.0 Å². The van der Waals surface area contributed by atoms with Crippen LogP contribution in [0.4, 0.5) is 4.39 Å². The van der Waals surface area contributed by atoms with E-state index in [0.717, 1.165) is 31.0 Å². The quantitative estimate of drug-likeness (QED) is 0.345. The van der Waals surface area contributed by atoms with Crippen LogP contribution in [0, 0.1) is 0 Å². The maximum atomic E-state index is 15.8. The third kappa shape index (κ3) is 5.10. The van der Waals surface area contributed by atoms with Crippen LogP contribution in [0.5, 0.6) is 0 Å². The van der Waals surface area contributed by atoms with E-state index in [9.17, 15) is 18.9 Å². The summed E-state index contributed by atoms with van der Waals surface area (Å²) in [4.78, 5) is 36.4. The fourth-order valence-corrected chi connectivity index (χ4v) is 5.72. The maximum absolute atomic E-state index is 15.8. The Morgan fingerprint density at radius 1 is 1.41 bits per heavy atom. The summed E-state index contributed by atoms with van der Waals surface area (Å²) in [5, 5.41) is 3.18. The molecule has 3 aliphatic rings. The normalized spacial score (nSPS) is 35.7. The standard InChI is InChI=1S/C21H23ClFN2O8P/c1-12(26)31-19-17(32-20(21(19,2)23)25-7-6-15(27)9-18(25)28)11-30-34(29)24-10-16(33-34)13-4-3-5-14(22)8-13/h3-8,16-17,19-20H,9-11H2,1-2H3,(H,24,29)/t16?,17-,19-,20-,21-,34?/m1/s1. The molecule has 0 spiro atoms. The van der Waals surface area contributed by atoms with Gasteiger partial charge in [-0.3, -0.25) is 28.3 Å². The Bertz CT molecular complexity index is 1080. The molecule has 0 radical (unpaired) electrons. The van der Waals surface area contributed by atoms with Crippen molar-refractivity contribution in [3.8, 4) is 0 Å². The van der Waals surface area contributed by atoms with Crippen LogP contribution in [0.25, 0.3) is 0 Å². The molecule has 0 aromatic heterocycles. The largest absolute Gasteiger partial charge is 0.456 e. The highest BCUT2D eigenvalue weighted by atomic mass is 35.5. The smallest absolute Gasteiger partial charge is 0.406 e. The Kier molecular flexibility index (Phi) is 6.97. The van der Waals surface area contributed by atoms with Gasteiger partial charge in [0.2, 0.25) is 5.91 Å². The number of nitrogens with one attached hydrogen (secondary N) is 1. The van der Waals surface area contributed by atoms with Gasteiger partial charge in [0.05, 0.1) is 13.0 Å². The van der Waals surface area contributed by atoms with Gasteiger partial charge in [0, 0.05) is 24.7 Å². The third-order valence-electron chi connectivity index (χ3n) is 5.63. The number of benzene rings is 1. The highest BCUT2D eigenvalue weighted by Crippen LogP contribution is 2.54. The number of hydrogen-bond donors (Lipinski definition) is 1. The predicted octanol–water partition coefficient (Wildman–Crippen LogP) is 2.83. The first kappa shape index (κ1) is 25.0. The van der Waals surface area contributed by atoms with Gasteiger partial charge in [-0.05, 0) is 30.7 Å². The first-order valence-electron chi connectivity index (χ1n) is 10.5. The van der Waals surface area contributed by atoms with Gasteiger partial charge in [0.15, 0.2) is 23.8 Å². The molecular weight excluding hydrogens is 494 g/mol. The Hall–Kier alpha value is -2.14. The lowest BCUT2D eigenvalue weighted by atomic mass is 9.97. The monoisotopic (exact) mass is 516 g/mol. The molecule has 0 aliphatic carbocycles. The van der Waals surface area contributed by atoms with E-state index in [1.807, 2.05) is 0 Å². The van der Waals surface area contributed by atoms with Gasteiger partial charge in [0.1, 0.15) is 12.2 Å². The molecule has 1 amide bonds. The molecule has 2 saturated heterocycles. The minimum absolute atomic E-state index is 0.182. The summed E-state index contributed by atoms with van der Waals surface area (Å²) < 4.78 is 50.8. The van der Waals surface area contributed by atoms with Crippen LogP contribution >= 0.6 is 19.3 Å². The van der Waals surface area contributed by atoms with Crippen LogP contribution in [-0.2, 0) is 37.5 Å². The number of nitrogens with zero attached hydrogens (tertiary/aromatic N) is 1. The molecule has 10 nitrogen and oxygen atoms in total. The van der Waals surface area contributed by atoms with E-state index < -0.39 is 68.6 Å². The van der Waals surface area contributed by atoms with E-state index in [1.54, 1.807) is 24.3 Å². The fraction of sp³-hybridized carbons (Fsp3) is 0.476. The van der Waals surface area contributed by atoms with Crippen LogP contribution in [0.15, 0.2) is 36.5 Å². The number of carbonyl (C=O) groups is 3. The summed E-state index contributed by atoms with van der Waals surface area (Å²) in [5.41, 5.74) is -1.67. The number of allylic oxidation sites excluding steroid dienone is 1. The van der Waals surface area contributed by atoms with E-state index in [2.05, 4.69) is 5.09 Å². The molecule has 0 saturated carbocycles. The summed E-state index contributed by atoms with van der Waals surface area (Å²) in [6.45, 7) is 1.93. The van der Waals surface area contributed by atoms with Gasteiger partial charge in [-0.15, -0.1) is 0 Å². The number of esters is 1. The first-order chi connectivity index (χ1) is 16.0. The number of amides is 1. The molecule has 184 valence electrons. The van der Waals surface area contributed by atoms with Crippen molar-refractivity contribution >= 4 is 37.0 Å². The number of carbonyl (C=O) groups excluding carboxylic acids is 3. The molecule has 3 heterocycles. The van der Waals surface area contributed by atoms with E-state index in [-0.39, 0.29) is 6.54 Å². The topological polar surface area (TPSA) is 120 Å². The second-order valence-electron chi connectivity index (χ2n) is 8.27. The number of ketones is 1. The molecule has 13 heteroatoms. The van der Waals surface area contributed by atoms with Crippen LogP contribution in [0.1, 0.15) is 31.9 Å². The minimum atomic E-state index is -3.81. The molecule has 2 unspecified atom stereocenters. The highest BCUT2D eigenvalue weighted by molar-refractivity contribution is 7.51. The molecular formula is C21H23ClFN2O8P. The van der Waals surface area contributed by atoms with Gasteiger partial charge in [0.25, 0.3) is 0 Å². The zero-order chi connectivity index (χ0) is 24.7. The van der Waals surface area contributed by atoms with Gasteiger partial charge in [-0.1, -0.05) is 23.7 Å². The van der Waals surface area contributed by atoms with E-state index in [0.29, 0.717) is 10.6 Å². The molecule has 34 heavy (non-hydrogen) atoms. The number of ether oxygens (including phenoxy) is 2. The number of hydrogen-bond acceptors (Lipinski definition) is 8. The lowest BCUT2D eigenvalue weighted by Crippen LogP contribution is -2.52. The van der Waals surface area contributed by atoms with Crippen molar-refractivity contribution in [1.29, 1.82) is 0 Å². The van der Waals surface area contributed by atoms with E-state index in [4.69, 9.17) is 30.1 Å². The van der Waals surface area contributed by atoms with Gasteiger partial charge < -0.3 is 9.47 Å². The Balaban J connectivity index is 1.48. The summed E-state index contributed by atoms with van der Waals surface area (Å²) >= 11 is 6.00. The van der Waals surface area contributed by atoms with Crippen molar-refractivity contribution in [2.24, 2.45) is 0 Å². The van der Waals surface area contributed by atoms with Crippen molar-refractivity contribution < 1.29 is 41.9 Å². The van der Waals surface area contributed by atoms with Crippen molar-refractivity contribution in [1.82, 2.24) is 9.99 Å². The molecule has 1 aromatic carbocycles. The molecule has 3 aliphatic heterocycles. The highest BCUT2D eigenvalue weighted by Gasteiger charge is 2.60. The van der Waals surface area contributed by atoms with Crippen LogP contribution in [0.2, 0.25) is 5.02 Å². The van der Waals surface area contributed by atoms with Crippen molar-refractivity contribution in [3.63, 3.8) is 0 Å². The second kappa shape index (κ2) is 9.49. The fourth-order valence-electron chi connectivity index (χ4n) is 4.03. The second-order valence-corrected chi connectivity index (χ2v) is 10.5. The predicted molar refractivity (Wildman–Crippen MR) is 116 cm³/mol. The Labute approximate surface area is 199 Å². The first-order valence-corrected chi connectivity index (χ1v) is 12.4. The number of rotatable bonds is 6. The van der Waals surface area contributed by atoms with Crippen LogP contribution in [-0.4, -0.2) is 59.8 Å². The van der Waals surface area contributed by atoms with Crippen molar-refractivity contribution in [2.75, 3.05) is 13.2 Å². The zero-order valence-electron chi connectivity index (χ0n) is 18.3. The minimum Gasteiger partial charge on any atom is -0.456 e. The molecule has 1 N–H and O–H groups in total. The molecule has 1 aromatic rings. The summed E-state index contributed by atoms with van der Waals surface area (Å²) in [5.74, 6) is -1.86. The van der Waals surface area contributed by atoms with Crippen molar-refractivity contribution in [2.45, 2.75) is 50.5 Å². The SMILES string of the molecule is CC(=O)O[C@@H]1[C@@H](COP2(=O)NCC(c3cccc(Cl)c3)O2)O[C@@H](N2C=CC(=O)CC2=O)[C@]1(C)F. The van der Waals surface area contributed by atoms with Crippen molar-refractivity contribution in [3.05, 3.63) is 47.1 Å². The molecule has 6 atom stereocenters. The maximum Gasteiger partial charge on any atom is 0.406 e. The number of halogens is 2. The molecule has 4 rings (SSSR count). The van der Waals surface area contributed by atoms with Gasteiger partial charge in [-0.2, -0.15) is 0 Å². The van der Waals surface area contributed by atoms with Crippen LogP contribution in [0.3, 0.4) is 0 Å². The Morgan fingerprint density at radius 2 is 2.18 bits per heavy atom. The zero-order valence-corrected chi connectivity index (χ0v) is 20.0. The molecule has 2 fully saturated rings. The molecule has 0 bridgehead atoms. The summed E-state index contributed by atoms with van der Waals surface area (Å²) in [6, 6.07) is 6.86. The number of alkyl halides is 1. The summed E-state index contributed by atoms with van der Waals surface area (Å²) in [6.07, 6.45) is -2.97. The van der Waals surface area contributed by atoms with Crippen LogP contribution < -0.4 is 5.09 Å². The third-order valence-corrected chi connectivity index (χ3v) is 7.45. The average molecular weight is 517 g/mol. The lowest BCUT2D eigenvalue weighted by molar-refractivity contribution is -0.155. The lowest BCUT2D eigenvalue weighted by Gasteiger charge is -2.33. The Morgan fingerprint density at radius 3 is 2.85 bits per heavy atom.